The van der Waals surface area contributed by atoms with Crippen LogP contribution in [-0.4, -0.2) is 11.9 Å². The van der Waals surface area contributed by atoms with E-state index in [0.29, 0.717) is 11.1 Å². The van der Waals surface area contributed by atoms with E-state index in [9.17, 15) is 18.4 Å². The molecule has 142 valence electrons. The first kappa shape index (κ1) is 19.2. The summed E-state index contributed by atoms with van der Waals surface area (Å²) in [6.45, 7) is 1.25. The van der Waals surface area contributed by atoms with Crippen LogP contribution in [0.1, 0.15) is 22.8 Å². The summed E-state index contributed by atoms with van der Waals surface area (Å²) in [5.41, 5.74) is 1.68. The van der Waals surface area contributed by atoms with E-state index < -0.39 is 17.7 Å². The first-order valence-electron chi connectivity index (χ1n) is 8.54. The lowest BCUT2D eigenvalue weighted by atomic mass is 10.0. The van der Waals surface area contributed by atoms with Crippen molar-refractivity contribution in [1.29, 1.82) is 0 Å². The van der Waals surface area contributed by atoms with Crippen molar-refractivity contribution in [3.05, 3.63) is 89.5 Å². The quantitative estimate of drug-likeness (QED) is 0.523. The van der Waals surface area contributed by atoms with Gasteiger partial charge in [0.1, 0.15) is 5.82 Å². The smallest absolute Gasteiger partial charge is 0.308 e. The van der Waals surface area contributed by atoms with E-state index in [1.165, 1.54) is 36.4 Å². The van der Waals surface area contributed by atoms with Gasteiger partial charge in [-0.1, -0.05) is 42.5 Å². The van der Waals surface area contributed by atoms with Crippen LogP contribution < -0.4 is 10.1 Å². The number of ether oxygens (including phenoxy) is 1. The molecule has 6 heteroatoms. The second-order valence-corrected chi connectivity index (χ2v) is 6.10. The van der Waals surface area contributed by atoms with Crippen molar-refractivity contribution in [2.75, 3.05) is 0 Å². The number of benzene rings is 3. The van der Waals surface area contributed by atoms with E-state index in [2.05, 4.69) is 5.32 Å². The second-order valence-electron chi connectivity index (χ2n) is 6.10. The van der Waals surface area contributed by atoms with E-state index in [0.717, 1.165) is 12.5 Å². The third-order valence-corrected chi connectivity index (χ3v) is 4.01. The van der Waals surface area contributed by atoms with Crippen molar-refractivity contribution in [2.24, 2.45) is 0 Å². The summed E-state index contributed by atoms with van der Waals surface area (Å²) >= 11 is 0. The first-order chi connectivity index (χ1) is 13.4. The molecule has 28 heavy (non-hydrogen) atoms. The summed E-state index contributed by atoms with van der Waals surface area (Å²) < 4.78 is 32.7. The number of halogens is 2. The predicted molar refractivity (Wildman–Crippen MR) is 101 cm³/mol. The molecule has 4 nitrogen and oxygen atoms in total. The van der Waals surface area contributed by atoms with Gasteiger partial charge in [0.05, 0.1) is 5.56 Å². The van der Waals surface area contributed by atoms with Gasteiger partial charge in [-0.2, -0.15) is 0 Å². The molecule has 0 unspecified atom stereocenters. The number of hydrogen-bond donors (Lipinski definition) is 1. The molecule has 1 amide bonds. The lowest BCUT2D eigenvalue weighted by molar-refractivity contribution is -0.132. The normalized spacial score (nSPS) is 10.4. The van der Waals surface area contributed by atoms with Gasteiger partial charge < -0.3 is 10.1 Å². The summed E-state index contributed by atoms with van der Waals surface area (Å²) in [5, 5.41) is 2.59. The maximum Gasteiger partial charge on any atom is 0.308 e. The van der Waals surface area contributed by atoms with E-state index in [4.69, 9.17) is 4.74 Å². The van der Waals surface area contributed by atoms with Gasteiger partial charge in [-0.05, 0) is 41.0 Å². The van der Waals surface area contributed by atoms with Gasteiger partial charge >= 0.3 is 5.97 Å². The third-order valence-electron chi connectivity index (χ3n) is 4.01. The molecular formula is C22H17F2NO3. The lowest BCUT2D eigenvalue weighted by Crippen LogP contribution is -2.24. The minimum absolute atomic E-state index is 0.0943. The molecule has 0 bridgehead atoms. The van der Waals surface area contributed by atoms with Gasteiger partial charge in [-0.25, -0.2) is 8.78 Å². The third kappa shape index (κ3) is 4.59. The number of rotatable bonds is 5. The highest BCUT2D eigenvalue weighted by atomic mass is 19.1. The molecule has 0 heterocycles. The minimum Gasteiger partial charge on any atom is -0.424 e. The van der Waals surface area contributed by atoms with Crippen LogP contribution >= 0.6 is 0 Å². The standard InChI is InChI=1S/C22H17F2NO3/c1-14(26)28-20-12-17(16-5-3-2-4-6-16)11-19(21(20)24)22(27)25-13-15-7-9-18(23)10-8-15/h2-12H,13H2,1H3,(H,25,27). The topological polar surface area (TPSA) is 55.4 Å². The molecule has 0 fully saturated rings. The highest BCUT2D eigenvalue weighted by Gasteiger charge is 2.20. The highest BCUT2D eigenvalue weighted by molar-refractivity contribution is 5.96. The Bertz CT molecular complexity index is 1000. The van der Waals surface area contributed by atoms with Gasteiger partial charge in [0.25, 0.3) is 5.91 Å². The van der Waals surface area contributed by atoms with Crippen LogP contribution in [0.4, 0.5) is 8.78 Å². The van der Waals surface area contributed by atoms with Crippen LogP contribution in [0.25, 0.3) is 11.1 Å². The van der Waals surface area contributed by atoms with Gasteiger partial charge in [-0.15, -0.1) is 0 Å². The van der Waals surface area contributed by atoms with Gasteiger partial charge in [-0.3, -0.25) is 9.59 Å². The Balaban J connectivity index is 1.92. The summed E-state index contributed by atoms with van der Waals surface area (Å²) in [5.74, 6) is -3.00. The zero-order valence-electron chi connectivity index (χ0n) is 15.0. The van der Waals surface area contributed by atoms with Crippen molar-refractivity contribution in [2.45, 2.75) is 13.5 Å². The van der Waals surface area contributed by atoms with Crippen molar-refractivity contribution in [1.82, 2.24) is 5.32 Å². The molecule has 0 radical (unpaired) electrons. The molecule has 0 atom stereocenters. The molecule has 1 N–H and O–H groups in total. The Labute approximate surface area is 160 Å². The second kappa shape index (κ2) is 8.43. The van der Waals surface area contributed by atoms with Gasteiger partial charge in [0.2, 0.25) is 0 Å². The number of esters is 1. The number of carbonyl (C=O) groups is 2. The fourth-order valence-electron chi connectivity index (χ4n) is 2.67. The van der Waals surface area contributed by atoms with Crippen LogP contribution in [0.15, 0.2) is 66.7 Å². The molecule has 3 rings (SSSR count). The average Bonchev–Trinajstić information content (AvgIpc) is 2.69. The summed E-state index contributed by atoms with van der Waals surface area (Å²) in [6, 6.07) is 17.4. The number of hydrogen-bond acceptors (Lipinski definition) is 3. The van der Waals surface area contributed by atoms with Crippen LogP contribution in [0.5, 0.6) is 5.75 Å². The lowest BCUT2D eigenvalue weighted by Gasteiger charge is -2.12. The fraction of sp³-hybridized carbons (Fsp3) is 0.0909. The average molecular weight is 381 g/mol. The number of nitrogens with one attached hydrogen (secondary N) is 1. The van der Waals surface area contributed by atoms with Gasteiger partial charge in [0, 0.05) is 13.5 Å². The number of carbonyl (C=O) groups excluding carboxylic acids is 2. The molecule has 0 saturated carbocycles. The fourth-order valence-corrected chi connectivity index (χ4v) is 2.67. The molecule has 0 spiro atoms. The van der Waals surface area contributed by atoms with Crippen LogP contribution in [-0.2, 0) is 11.3 Å². The Hall–Kier alpha value is -3.54. The zero-order chi connectivity index (χ0) is 20.1. The molecule has 0 saturated heterocycles. The van der Waals surface area contributed by atoms with Gasteiger partial charge in [0.15, 0.2) is 11.6 Å². The maximum absolute atomic E-state index is 14.8. The Morgan fingerprint density at radius 2 is 1.61 bits per heavy atom. The Morgan fingerprint density at radius 1 is 0.929 bits per heavy atom. The van der Waals surface area contributed by atoms with Crippen LogP contribution in [0.2, 0.25) is 0 Å². The molecule has 0 aromatic heterocycles. The summed E-state index contributed by atoms with van der Waals surface area (Å²) in [6.07, 6.45) is 0. The highest BCUT2D eigenvalue weighted by Crippen LogP contribution is 2.30. The predicted octanol–water partition coefficient (Wildman–Crippen LogP) is 4.49. The maximum atomic E-state index is 14.8. The molecule has 3 aromatic rings. The first-order valence-corrected chi connectivity index (χ1v) is 8.54. The molecular weight excluding hydrogens is 364 g/mol. The van der Waals surface area contributed by atoms with Crippen LogP contribution in [0.3, 0.4) is 0 Å². The Morgan fingerprint density at radius 3 is 2.25 bits per heavy atom. The summed E-state index contributed by atoms with van der Waals surface area (Å²) in [4.78, 5) is 23.9. The van der Waals surface area contributed by atoms with Crippen molar-refractivity contribution >= 4 is 11.9 Å². The monoisotopic (exact) mass is 381 g/mol. The van der Waals surface area contributed by atoms with Crippen molar-refractivity contribution in [3.8, 4) is 16.9 Å². The summed E-state index contributed by atoms with van der Waals surface area (Å²) in [7, 11) is 0. The van der Waals surface area contributed by atoms with Crippen LogP contribution in [0, 0.1) is 11.6 Å². The molecule has 0 aliphatic heterocycles. The van der Waals surface area contributed by atoms with Crippen molar-refractivity contribution in [3.63, 3.8) is 0 Å². The zero-order valence-corrected chi connectivity index (χ0v) is 15.0. The largest absolute Gasteiger partial charge is 0.424 e. The molecule has 0 aliphatic carbocycles. The minimum atomic E-state index is -0.925. The molecule has 3 aromatic carbocycles. The Kier molecular flexibility index (Phi) is 5.79. The van der Waals surface area contributed by atoms with E-state index >= 15 is 0 Å². The molecule has 0 aliphatic rings. The van der Waals surface area contributed by atoms with E-state index in [1.54, 1.807) is 24.3 Å². The van der Waals surface area contributed by atoms with E-state index in [-0.39, 0.29) is 23.7 Å². The van der Waals surface area contributed by atoms with E-state index in [1.807, 2.05) is 6.07 Å². The SMILES string of the molecule is CC(=O)Oc1cc(-c2ccccc2)cc(C(=O)NCc2ccc(F)cc2)c1F. The van der Waals surface area contributed by atoms with Crippen molar-refractivity contribution < 1.29 is 23.1 Å². The number of amides is 1.